The molecule has 0 saturated carbocycles. The van der Waals surface area contributed by atoms with Crippen molar-refractivity contribution in [3.8, 4) is 0 Å². The average molecular weight is 467 g/mol. The van der Waals surface area contributed by atoms with E-state index in [1.54, 1.807) is 6.07 Å². The van der Waals surface area contributed by atoms with Gasteiger partial charge in [0.1, 0.15) is 0 Å². The second-order valence-electron chi connectivity index (χ2n) is 2.40. The van der Waals surface area contributed by atoms with Gasteiger partial charge in [-0.1, -0.05) is 20.8 Å². The van der Waals surface area contributed by atoms with E-state index in [1.165, 1.54) is 0 Å². The first-order valence-corrected chi connectivity index (χ1v) is 4.38. The molecule has 0 atom stereocenters. The molecule has 0 amide bonds. The largest absolute Gasteiger partial charge is 0.481 e. The number of carboxylic acids is 1. The zero-order chi connectivity index (χ0) is 10.3. The quantitative estimate of drug-likeness (QED) is 0.680. The van der Waals surface area contributed by atoms with Crippen LogP contribution in [0.15, 0.2) is 18.2 Å². The van der Waals surface area contributed by atoms with Gasteiger partial charge in [0.15, 0.2) is 0 Å². The second-order valence-corrected chi connectivity index (χ2v) is 2.40. The molecule has 0 unspecified atom stereocenters. The Morgan fingerprint density at radius 1 is 1.44 bits per heavy atom. The van der Waals surface area contributed by atoms with E-state index in [1.807, 2.05) is 32.9 Å². The summed E-state index contributed by atoms with van der Waals surface area (Å²) in [5.74, 6) is -0.810. The fourth-order valence-corrected chi connectivity index (χ4v) is 0.897. The van der Waals surface area contributed by atoms with Crippen LogP contribution in [-0.4, -0.2) is 11.1 Å². The zero-order valence-corrected chi connectivity index (χ0v) is 16.1. The molecule has 89 valence electrons. The third-order valence-corrected chi connectivity index (χ3v) is 1.50. The fraction of sp³-hybridized carbons (Fsp3) is 0.333. The molecule has 1 aromatic carbocycles. The van der Waals surface area contributed by atoms with Crippen molar-refractivity contribution in [3.05, 3.63) is 42.8 Å². The Labute approximate surface area is 138 Å². The maximum Gasteiger partial charge on any atom is 0.305 e. The summed E-state index contributed by atoms with van der Waals surface area (Å²) in [6.07, 6.45) is 0.0622. The van der Waals surface area contributed by atoms with Gasteiger partial charge in [-0.15, -0.1) is 5.56 Å². The Bertz CT molecular complexity index is 277. The van der Waals surface area contributed by atoms with Crippen LogP contribution in [0.1, 0.15) is 25.0 Å². The van der Waals surface area contributed by atoms with Crippen molar-refractivity contribution in [2.24, 2.45) is 0 Å². The summed E-state index contributed by atoms with van der Waals surface area (Å²) in [5.41, 5.74) is 1.75. The summed E-state index contributed by atoms with van der Waals surface area (Å²) in [6, 6.07) is 8.35. The van der Waals surface area contributed by atoms with Gasteiger partial charge in [-0.2, -0.15) is 29.8 Å². The van der Waals surface area contributed by atoms with Crippen molar-refractivity contribution >= 4 is 5.97 Å². The topological polar surface area (TPSA) is 37.3 Å². The number of hydrogen-bond donors (Lipinski definition) is 1. The second kappa shape index (κ2) is 15.5. The Morgan fingerprint density at radius 2 is 1.94 bits per heavy atom. The SMILES string of the molecule is CC.Cc1ccc[c-]c1CC(=O)O.[CH3-].[W].[Y]. The predicted octanol–water partition coefficient (Wildman–Crippen LogP) is 2.89. The van der Waals surface area contributed by atoms with Crippen molar-refractivity contribution in [3.63, 3.8) is 0 Å². The van der Waals surface area contributed by atoms with Gasteiger partial charge in [-0.3, -0.25) is 4.79 Å². The number of carboxylic acid groups (broad SMARTS) is 1. The van der Waals surface area contributed by atoms with Crippen molar-refractivity contribution in [1.29, 1.82) is 0 Å². The van der Waals surface area contributed by atoms with Crippen LogP contribution in [0, 0.1) is 20.4 Å². The maximum atomic E-state index is 10.3. The Morgan fingerprint density at radius 3 is 2.31 bits per heavy atom. The summed E-state index contributed by atoms with van der Waals surface area (Å²) in [6.45, 7) is 5.88. The van der Waals surface area contributed by atoms with Crippen LogP contribution < -0.4 is 0 Å². The molecule has 0 spiro atoms. The summed E-state index contributed by atoms with van der Waals surface area (Å²) in [7, 11) is 0. The van der Waals surface area contributed by atoms with E-state index in [4.69, 9.17) is 5.11 Å². The number of hydrogen-bond acceptors (Lipinski definition) is 1. The predicted molar refractivity (Wildman–Crippen MR) is 59.1 cm³/mol. The van der Waals surface area contributed by atoms with Crippen LogP contribution in [0.5, 0.6) is 0 Å². The molecule has 0 heterocycles. The van der Waals surface area contributed by atoms with E-state index in [0.29, 0.717) is 0 Å². The van der Waals surface area contributed by atoms with E-state index >= 15 is 0 Å². The van der Waals surface area contributed by atoms with E-state index in [2.05, 4.69) is 6.07 Å². The van der Waals surface area contributed by atoms with Gasteiger partial charge < -0.3 is 12.5 Å². The van der Waals surface area contributed by atoms with Crippen molar-refractivity contribution in [2.75, 3.05) is 0 Å². The molecule has 0 fully saturated rings. The van der Waals surface area contributed by atoms with Gasteiger partial charge in [0.25, 0.3) is 0 Å². The van der Waals surface area contributed by atoms with Gasteiger partial charge in [0.05, 0.1) is 0 Å². The Balaban J connectivity index is -0.000000136. The molecule has 0 aliphatic heterocycles. The third-order valence-electron chi connectivity index (χ3n) is 1.50. The van der Waals surface area contributed by atoms with Gasteiger partial charge in [-0.25, -0.2) is 0 Å². The third kappa shape index (κ3) is 11.0. The van der Waals surface area contributed by atoms with Crippen molar-refractivity contribution in [2.45, 2.75) is 27.2 Å². The molecule has 0 aliphatic carbocycles. The summed E-state index contributed by atoms with van der Waals surface area (Å²) >= 11 is 0. The number of benzene rings is 1. The summed E-state index contributed by atoms with van der Waals surface area (Å²) < 4.78 is 0. The molecule has 0 aromatic heterocycles. The summed E-state index contributed by atoms with van der Waals surface area (Å²) in [5, 5.41) is 8.47. The standard InChI is InChI=1S/C9H9O2.C2H6.CH3.W.Y/c1-7-4-2-3-5-8(7)6-9(10)11;1-2;;;/h2-4H,6H2,1H3,(H,10,11);1-2H3;1H3;;/q-1;;-1;;. The number of rotatable bonds is 2. The first-order valence-electron chi connectivity index (χ1n) is 4.38. The molecule has 4 heteroatoms. The number of carbonyl (C=O) groups is 1. The van der Waals surface area contributed by atoms with Crippen molar-refractivity contribution < 1.29 is 63.7 Å². The smallest absolute Gasteiger partial charge is 0.305 e. The van der Waals surface area contributed by atoms with Crippen LogP contribution in [0.2, 0.25) is 0 Å². The van der Waals surface area contributed by atoms with E-state index in [9.17, 15) is 4.79 Å². The number of aryl methyl sites for hydroxylation is 1. The zero-order valence-electron chi connectivity index (χ0n) is 10.3. The average Bonchev–Trinajstić information content (AvgIpc) is 2.12. The number of aliphatic carboxylic acids is 1. The summed E-state index contributed by atoms with van der Waals surface area (Å²) in [4.78, 5) is 10.3. The molecule has 0 saturated heterocycles. The molecule has 2 nitrogen and oxygen atoms in total. The minimum atomic E-state index is -0.810. The monoisotopic (exact) mass is 467 g/mol. The van der Waals surface area contributed by atoms with E-state index in [-0.39, 0.29) is 67.6 Å². The van der Waals surface area contributed by atoms with Crippen LogP contribution in [0.4, 0.5) is 0 Å². The Kier molecular flexibility index (Phi) is 24.5. The molecule has 1 rings (SSSR count). The van der Waals surface area contributed by atoms with Crippen LogP contribution >= 0.6 is 0 Å². The van der Waals surface area contributed by atoms with Gasteiger partial charge in [0.2, 0.25) is 0 Å². The normalized spacial score (nSPS) is 6.94. The minimum Gasteiger partial charge on any atom is -0.481 e. The van der Waals surface area contributed by atoms with Crippen molar-refractivity contribution in [1.82, 2.24) is 0 Å². The fourth-order valence-electron chi connectivity index (χ4n) is 0.897. The molecular formula is C12H18O2WY-2. The molecule has 1 radical (unpaired) electrons. The van der Waals surface area contributed by atoms with Gasteiger partial charge in [-0.05, 0) is 0 Å². The van der Waals surface area contributed by atoms with Crippen LogP contribution in [0.25, 0.3) is 0 Å². The van der Waals surface area contributed by atoms with Gasteiger partial charge in [0, 0.05) is 60.2 Å². The van der Waals surface area contributed by atoms with E-state index in [0.717, 1.165) is 11.1 Å². The maximum absolute atomic E-state index is 10.3. The first kappa shape index (κ1) is 25.4. The molecule has 1 aromatic rings. The van der Waals surface area contributed by atoms with Crippen LogP contribution in [0.3, 0.4) is 0 Å². The molecule has 16 heavy (non-hydrogen) atoms. The van der Waals surface area contributed by atoms with Gasteiger partial charge >= 0.3 is 5.97 Å². The van der Waals surface area contributed by atoms with E-state index < -0.39 is 5.97 Å². The molecule has 0 bridgehead atoms. The first-order chi connectivity index (χ1) is 6.20. The molecule has 1 N–H and O–H groups in total. The van der Waals surface area contributed by atoms with Crippen LogP contribution in [-0.2, 0) is 65.0 Å². The molecule has 0 aliphatic rings. The molecular weight excluding hydrogens is 449 g/mol. The minimum absolute atomic E-state index is 0. The Hall–Kier alpha value is 0.482.